The van der Waals surface area contributed by atoms with E-state index in [0.29, 0.717) is 11.1 Å². The van der Waals surface area contributed by atoms with Crippen molar-refractivity contribution in [3.05, 3.63) is 0 Å². The molecule has 1 saturated heterocycles. The first-order chi connectivity index (χ1) is 5.26. The molecule has 1 fully saturated rings. The Labute approximate surface area is 77.9 Å². The van der Waals surface area contributed by atoms with Crippen molar-refractivity contribution < 1.29 is 0 Å². The van der Waals surface area contributed by atoms with Gasteiger partial charge in [-0.05, 0) is 47.6 Å². The van der Waals surface area contributed by atoms with Crippen LogP contribution in [0.15, 0.2) is 0 Å². The Kier molecular flexibility index (Phi) is 2.33. The van der Waals surface area contributed by atoms with Crippen molar-refractivity contribution in [1.82, 2.24) is 4.90 Å². The van der Waals surface area contributed by atoms with Crippen molar-refractivity contribution in [3.63, 3.8) is 0 Å². The average molecular weight is 167 g/mol. The first kappa shape index (κ1) is 10.1. The Balaban J connectivity index is 2.84. The largest absolute Gasteiger partial charge is 0.296 e. The van der Waals surface area contributed by atoms with E-state index in [1.165, 1.54) is 12.8 Å². The maximum absolute atomic E-state index is 2.53. The topological polar surface area (TPSA) is 3.24 Å². The van der Waals surface area contributed by atoms with Crippen molar-refractivity contribution in [3.8, 4) is 0 Å². The first-order valence-corrected chi connectivity index (χ1v) is 5.00. The maximum Gasteiger partial charge on any atom is 0.105 e. The molecule has 0 aromatic carbocycles. The van der Waals surface area contributed by atoms with Crippen LogP contribution in [0.1, 0.15) is 40.5 Å². The molecule has 0 N–H and O–H groups in total. The van der Waals surface area contributed by atoms with Gasteiger partial charge >= 0.3 is 0 Å². The number of hydrogen-bond donors (Lipinski definition) is 0. The minimum absolute atomic E-state index is 0.376. The predicted octanol–water partition coefficient (Wildman–Crippen LogP) is 1.69. The molecule has 70 valence electrons. The number of piperidine rings is 1. The molecule has 0 unspecified atom stereocenters. The van der Waals surface area contributed by atoms with E-state index in [2.05, 4.69) is 47.5 Å². The van der Waals surface area contributed by atoms with E-state index in [1.807, 2.05) is 0 Å². The highest BCUT2D eigenvalue weighted by atomic mass is 15.2. The van der Waals surface area contributed by atoms with Crippen LogP contribution in [0.4, 0.5) is 0 Å². The van der Waals surface area contributed by atoms with Crippen LogP contribution < -0.4 is 0 Å². The molecular formula is C10H22BN. The van der Waals surface area contributed by atoms with Gasteiger partial charge in [-0.15, -0.1) is 0 Å². The van der Waals surface area contributed by atoms with Crippen molar-refractivity contribution in [2.24, 2.45) is 0 Å². The van der Waals surface area contributed by atoms with Crippen LogP contribution in [-0.2, 0) is 0 Å². The molecule has 1 aliphatic heterocycles. The number of nitrogens with zero attached hydrogens (tertiary/aromatic N) is 1. The molecule has 1 heterocycles. The highest BCUT2D eigenvalue weighted by Crippen LogP contribution is 2.41. The normalized spacial score (nSPS) is 30.4. The fourth-order valence-electron chi connectivity index (χ4n) is 2.87. The second-order valence-corrected chi connectivity index (χ2v) is 5.70. The summed E-state index contributed by atoms with van der Waals surface area (Å²) >= 11 is 0. The van der Waals surface area contributed by atoms with Crippen molar-refractivity contribution >= 4 is 7.85 Å². The number of rotatable bonds is 0. The van der Waals surface area contributed by atoms with E-state index < -0.39 is 0 Å². The van der Waals surface area contributed by atoms with E-state index in [-0.39, 0.29) is 0 Å². The third-order valence-corrected chi connectivity index (χ3v) is 3.51. The van der Waals surface area contributed by atoms with Gasteiger partial charge in [-0.3, -0.25) is 4.90 Å². The third-order valence-electron chi connectivity index (χ3n) is 3.51. The van der Waals surface area contributed by atoms with Gasteiger partial charge in [0.15, 0.2) is 0 Å². The Morgan fingerprint density at radius 3 is 1.75 bits per heavy atom. The summed E-state index contributed by atoms with van der Waals surface area (Å²) in [4.78, 5) is 2.53. The van der Waals surface area contributed by atoms with Crippen LogP contribution in [-0.4, -0.2) is 30.9 Å². The summed E-state index contributed by atoms with van der Waals surface area (Å²) in [6, 6.07) is 0. The quantitative estimate of drug-likeness (QED) is 0.496. The molecule has 0 bridgehead atoms. The van der Waals surface area contributed by atoms with Gasteiger partial charge in [-0.2, -0.15) is 0 Å². The van der Waals surface area contributed by atoms with Crippen LogP contribution in [0.2, 0.25) is 5.82 Å². The van der Waals surface area contributed by atoms with Gasteiger partial charge in [0.1, 0.15) is 7.85 Å². The highest BCUT2D eigenvalue weighted by molar-refractivity contribution is 6.11. The van der Waals surface area contributed by atoms with Crippen LogP contribution >= 0.6 is 0 Å². The molecule has 0 spiro atoms. The van der Waals surface area contributed by atoms with Crippen molar-refractivity contribution in [2.45, 2.75) is 57.4 Å². The second-order valence-electron chi connectivity index (χ2n) is 5.70. The predicted molar refractivity (Wildman–Crippen MR) is 57.4 cm³/mol. The van der Waals surface area contributed by atoms with Gasteiger partial charge in [0, 0.05) is 11.1 Å². The maximum atomic E-state index is 2.53. The van der Waals surface area contributed by atoms with Crippen molar-refractivity contribution in [1.29, 1.82) is 0 Å². The van der Waals surface area contributed by atoms with Gasteiger partial charge in [-0.25, -0.2) is 0 Å². The molecule has 0 radical (unpaired) electrons. The molecule has 1 aliphatic rings. The Morgan fingerprint density at radius 1 is 1.08 bits per heavy atom. The number of hydrogen-bond acceptors (Lipinski definition) is 1. The lowest BCUT2D eigenvalue weighted by molar-refractivity contribution is -0.00132. The molecular weight excluding hydrogens is 145 g/mol. The summed E-state index contributed by atoms with van der Waals surface area (Å²) in [7, 11) is 4.63. The van der Waals surface area contributed by atoms with Crippen LogP contribution in [0.25, 0.3) is 0 Å². The van der Waals surface area contributed by atoms with E-state index >= 15 is 0 Å². The standard InChI is InChI=1S/C10H22BN/c1-9(2)6-8(11)7-10(3,4)12(9)5/h8H,6-7,11H2,1-5H3. The van der Waals surface area contributed by atoms with Gasteiger partial charge in [-0.1, -0.05) is 5.82 Å². The average Bonchev–Trinajstić information content (AvgIpc) is 1.80. The van der Waals surface area contributed by atoms with E-state index in [0.717, 1.165) is 5.82 Å². The molecule has 0 atom stereocenters. The lowest BCUT2D eigenvalue weighted by Gasteiger charge is -2.53. The monoisotopic (exact) mass is 167 g/mol. The lowest BCUT2D eigenvalue weighted by Crippen LogP contribution is -2.57. The molecule has 0 amide bonds. The SMILES string of the molecule is BC1CC(C)(C)N(C)C(C)(C)C1. The Morgan fingerprint density at radius 2 is 1.42 bits per heavy atom. The van der Waals surface area contributed by atoms with Gasteiger partial charge in [0.05, 0.1) is 0 Å². The summed E-state index contributed by atoms with van der Waals surface area (Å²) in [5.74, 6) is 0.867. The first-order valence-electron chi connectivity index (χ1n) is 5.00. The second kappa shape index (κ2) is 2.76. The molecule has 12 heavy (non-hydrogen) atoms. The van der Waals surface area contributed by atoms with Crippen LogP contribution in [0, 0.1) is 0 Å². The zero-order chi connectivity index (χ0) is 9.57. The summed E-state index contributed by atoms with van der Waals surface area (Å²) < 4.78 is 0. The molecule has 0 aromatic rings. The summed E-state index contributed by atoms with van der Waals surface area (Å²) in [6.45, 7) is 9.41. The third kappa shape index (κ3) is 1.68. The lowest BCUT2D eigenvalue weighted by atomic mass is 9.66. The molecule has 0 aromatic heterocycles. The fraction of sp³-hybridized carbons (Fsp3) is 1.00. The van der Waals surface area contributed by atoms with Gasteiger partial charge in [0.25, 0.3) is 0 Å². The Hall–Kier alpha value is 0.0249. The molecule has 0 saturated carbocycles. The highest BCUT2D eigenvalue weighted by Gasteiger charge is 2.41. The Bertz CT molecular complexity index is 157. The molecule has 1 nitrogen and oxygen atoms in total. The number of likely N-dealkylation sites (tertiary alicyclic amines) is 1. The zero-order valence-electron chi connectivity index (χ0n) is 9.44. The van der Waals surface area contributed by atoms with Crippen LogP contribution in [0.3, 0.4) is 0 Å². The summed E-state index contributed by atoms with van der Waals surface area (Å²) in [5, 5.41) is 0. The van der Waals surface area contributed by atoms with Crippen LogP contribution in [0.5, 0.6) is 0 Å². The minimum Gasteiger partial charge on any atom is -0.296 e. The fourth-order valence-corrected chi connectivity index (χ4v) is 2.87. The zero-order valence-corrected chi connectivity index (χ0v) is 9.44. The van der Waals surface area contributed by atoms with Gasteiger partial charge in [0.2, 0.25) is 0 Å². The summed E-state index contributed by atoms with van der Waals surface area (Å²) in [6.07, 6.45) is 2.65. The van der Waals surface area contributed by atoms with Crippen molar-refractivity contribution in [2.75, 3.05) is 7.05 Å². The summed E-state index contributed by atoms with van der Waals surface area (Å²) in [5.41, 5.74) is 0.752. The molecule has 0 aliphatic carbocycles. The van der Waals surface area contributed by atoms with Gasteiger partial charge < -0.3 is 0 Å². The minimum atomic E-state index is 0.376. The smallest absolute Gasteiger partial charge is 0.105 e. The molecule has 2 heteroatoms. The van der Waals surface area contributed by atoms with E-state index in [4.69, 9.17) is 0 Å². The van der Waals surface area contributed by atoms with E-state index in [9.17, 15) is 0 Å². The molecule has 1 rings (SSSR count). The van der Waals surface area contributed by atoms with E-state index in [1.54, 1.807) is 0 Å².